The van der Waals surface area contributed by atoms with Crippen LogP contribution in [0.1, 0.15) is 46.1 Å². The summed E-state index contributed by atoms with van der Waals surface area (Å²) in [4.78, 5) is 24.8. The third-order valence-electron chi connectivity index (χ3n) is 5.18. The predicted octanol–water partition coefficient (Wildman–Crippen LogP) is 6.85. The Labute approximate surface area is 195 Å². The van der Waals surface area contributed by atoms with Crippen molar-refractivity contribution in [2.24, 2.45) is 0 Å². The first kappa shape index (κ1) is 22.3. The van der Waals surface area contributed by atoms with E-state index in [2.05, 4.69) is 0 Å². The van der Waals surface area contributed by atoms with E-state index in [9.17, 15) is 14.7 Å². The molecule has 0 radical (unpaired) electrons. The fourth-order valence-corrected chi connectivity index (χ4v) is 4.69. The number of fused-ring (bicyclic) bond motifs is 1. The second-order valence-electron chi connectivity index (χ2n) is 7.85. The Morgan fingerprint density at radius 2 is 1.73 bits per heavy atom. The van der Waals surface area contributed by atoms with Crippen molar-refractivity contribution in [1.29, 1.82) is 0 Å². The molecule has 0 aliphatic heterocycles. The van der Waals surface area contributed by atoms with Gasteiger partial charge in [0.05, 0.1) is 0 Å². The molecule has 0 spiro atoms. The van der Waals surface area contributed by atoms with Gasteiger partial charge in [-0.3, -0.25) is 4.79 Å². The number of ether oxygens (including phenoxy) is 1. The maximum Gasteiger partial charge on any atom is 0.328 e. The molecule has 0 aliphatic rings. The van der Waals surface area contributed by atoms with Crippen LogP contribution in [0.3, 0.4) is 0 Å². The highest BCUT2D eigenvalue weighted by atomic mass is 32.1. The Morgan fingerprint density at radius 3 is 2.42 bits per heavy atom. The van der Waals surface area contributed by atoms with E-state index < -0.39 is 5.97 Å². The van der Waals surface area contributed by atoms with E-state index in [4.69, 9.17) is 9.84 Å². The molecule has 0 bridgehead atoms. The van der Waals surface area contributed by atoms with E-state index in [1.54, 1.807) is 42.5 Å². The molecule has 0 aliphatic carbocycles. The van der Waals surface area contributed by atoms with Crippen LogP contribution >= 0.6 is 11.3 Å². The van der Waals surface area contributed by atoms with Crippen LogP contribution in [0.4, 0.5) is 0 Å². The van der Waals surface area contributed by atoms with Gasteiger partial charge in [-0.1, -0.05) is 50.2 Å². The van der Waals surface area contributed by atoms with Crippen LogP contribution in [0.25, 0.3) is 16.2 Å². The maximum atomic E-state index is 13.6. The number of benzene rings is 3. The Bertz CT molecular complexity index is 1360. The van der Waals surface area contributed by atoms with Crippen LogP contribution in [0.2, 0.25) is 0 Å². The van der Waals surface area contributed by atoms with Crippen LogP contribution in [0.15, 0.2) is 72.8 Å². The topological polar surface area (TPSA) is 83.8 Å². The lowest BCUT2D eigenvalue weighted by Gasteiger charge is -2.12. The highest BCUT2D eigenvalue weighted by Crippen LogP contribution is 2.43. The molecule has 2 N–H and O–H groups in total. The van der Waals surface area contributed by atoms with Crippen LogP contribution in [-0.2, 0) is 4.79 Å². The second kappa shape index (κ2) is 9.30. The van der Waals surface area contributed by atoms with Gasteiger partial charge in [-0.05, 0) is 53.5 Å². The van der Waals surface area contributed by atoms with E-state index in [1.165, 1.54) is 17.4 Å². The lowest BCUT2D eigenvalue weighted by Crippen LogP contribution is -2.06. The minimum absolute atomic E-state index is 0.117. The summed E-state index contributed by atoms with van der Waals surface area (Å²) >= 11 is 1.28. The number of hydrogen-bond donors (Lipinski definition) is 2. The summed E-state index contributed by atoms with van der Waals surface area (Å²) in [5, 5.41) is 19.5. The molecule has 4 aromatic rings. The lowest BCUT2D eigenvalue weighted by atomic mass is 9.94. The average Bonchev–Trinajstić information content (AvgIpc) is 3.15. The normalized spacial score (nSPS) is 11.4. The molecule has 6 heteroatoms. The van der Waals surface area contributed by atoms with Gasteiger partial charge in [0.15, 0.2) is 5.75 Å². The fraction of sp³-hybridized carbons (Fsp3) is 0.111. The zero-order valence-corrected chi connectivity index (χ0v) is 18.9. The van der Waals surface area contributed by atoms with E-state index in [0.29, 0.717) is 27.5 Å². The molecular formula is C27H22O5S. The van der Waals surface area contributed by atoms with Crippen molar-refractivity contribution in [3.05, 3.63) is 94.4 Å². The Morgan fingerprint density at radius 1 is 1.00 bits per heavy atom. The van der Waals surface area contributed by atoms with Crippen molar-refractivity contribution in [2.75, 3.05) is 0 Å². The summed E-state index contributed by atoms with van der Waals surface area (Å²) in [7, 11) is 0. The quantitative estimate of drug-likeness (QED) is 0.234. The zero-order chi connectivity index (χ0) is 23.5. The number of hydrogen-bond acceptors (Lipinski definition) is 5. The largest absolute Gasteiger partial charge is 0.508 e. The number of carbonyl (C=O) groups excluding carboxylic acids is 1. The number of carbonyl (C=O) groups is 2. The van der Waals surface area contributed by atoms with Gasteiger partial charge in [-0.15, -0.1) is 11.3 Å². The smallest absolute Gasteiger partial charge is 0.328 e. The molecular weight excluding hydrogens is 436 g/mol. The molecule has 1 aromatic heterocycles. The summed E-state index contributed by atoms with van der Waals surface area (Å²) in [5.74, 6) is 0.101. The zero-order valence-electron chi connectivity index (χ0n) is 18.1. The van der Waals surface area contributed by atoms with E-state index in [0.717, 1.165) is 21.7 Å². The number of carboxylic acids is 1. The summed E-state index contributed by atoms with van der Waals surface area (Å²) in [6, 6.07) is 19.4. The number of phenols is 1. The number of thiophene rings is 1. The molecule has 166 valence electrons. The van der Waals surface area contributed by atoms with Gasteiger partial charge in [-0.25, -0.2) is 4.79 Å². The van der Waals surface area contributed by atoms with E-state index in [-0.39, 0.29) is 17.5 Å². The standard InChI is InChI=1S/C27H22O5S/c1-16(2)20-5-3-4-6-21(20)25(31)27-26(22-13-10-18(28)15-23(22)33-27)32-19-11-7-17(8-12-19)9-14-24(29)30/h3-16,28H,1-2H3,(H,29,30)/b14-9+. The summed E-state index contributed by atoms with van der Waals surface area (Å²) < 4.78 is 6.94. The molecule has 33 heavy (non-hydrogen) atoms. The second-order valence-corrected chi connectivity index (χ2v) is 8.91. The molecule has 5 nitrogen and oxygen atoms in total. The van der Waals surface area contributed by atoms with Crippen molar-refractivity contribution < 1.29 is 24.5 Å². The number of carboxylic acid groups (broad SMARTS) is 1. The van der Waals surface area contributed by atoms with Crippen LogP contribution in [-0.4, -0.2) is 22.0 Å². The Balaban J connectivity index is 1.77. The summed E-state index contributed by atoms with van der Waals surface area (Å²) in [5.41, 5.74) is 2.30. The van der Waals surface area contributed by atoms with Crippen LogP contribution in [0.5, 0.6) is 17.2 Å². The van der Waals surface area contributed by atoms with Gasteiger partial charge in [0.25, 0.3) is 0 Å². The molecule has 0 saturated heterocycles. The molecule has 0 atom stereocenters. The molecule has 4 rings (SSSR count). The van der Waals surface area contributed by atoms with Crippen molar-refractivity contribution in [1.82, 2.24) is 0 Å². The van der Waals surface area contributed by atoms with Crippen molar-refractivity contribution in [2.45, 2.75) is 19.8 Å². The van der Waals surface area contributed by atoms with E-state index >= 15 is 0 Å². The highest BCUT2D eigenvalue weighted by Gasteiger charge is 2.24. The minimum atomic E-state index is -1.02. The third-order valence-corrected chi connectivity index (χ3v) is 6.31. The molecule has 0 saturated carbocycles. The maximum absolute atomic E-state index is 13.6. The molecule has 0 fully saturated rings. The highest BCUT2D eigenvalue weighted by molar-refractivity contribution is 7.21. The van der Waals surface area contributed by atoms with Crippen molar-refractivity contribution in [3.63, 3.8) is 0 Å². The monoisotopic (exact) mass is 458 g/mol. The number of ketones is 1. The molecule has 0 unspecified atom stereocenters. The van der Waals surface area contributed by atoms with Gasteiger partial charge in [0, 0.05) is 21.7 Å². The van der Waals surface area contributed by atoms with Crippen molar-refractivity contribution >= 4 is 39.3 Å². The number of aliphatic carboxylic acids is 1. The first-order chi connectivity index (χ1) is 15.8. The number of aromatic hydroxyl groups is 1. The minimum Gasteiger partial charge on any atom is -0.508 e. The fourth-order valence-electron chi connectivity index (χ4n) is 3.57. The molecule has 1 heterocycles. The van der Waals surface area contributed by atoms with Crippen LogP contribution < -0.4 is 4.74 Å². The van der Waals surface area contributed by atoms with Gasteiger partial charge in [-0.2, -0.15) is 0 Å². The Kier molecular flexibility index (Phi) is 6.29. The molecule has 3 aromatic carbocycles. The van der Waals surface area contributed by atoms with Gasteiger partial charge >= 0.3 is 5.97 Å². The SMILES string of the molecule is CC(C)c1ccccc1C(=O)c1sc2cc(O)ccc2c1Oc1ccc(/C=C/C(=O)O)cc1. The van der Waals surface area contributed by atoms with Crippen LogP contribution in [0, 0.1) is 0 Å². The third kappa shape index (κ3) is 4.81. The van der Waals surface area contributed by atoms with E-state index in [1.807, 2.05) is 38.1 Å². The summed E-state index contributed by atoms with van der Waals surface area (Å²) in [6.07, 6.45) is 2.56. The number of rotatable bonds is 7. The lowest BCUT2D eigenvalue weighted by molar-refractivity contribution is -0.131. The average molecular weight is 459 g/mol. The molecule has 0 amide bonds. The van der Waals surface area contributed by atoms with Gasteiger partial charge < -0.3 is 14.9 Å². The van der Waals surface area contributed by atoms with Gasteiger partial charge in [0.1, 0.15) is 16.4 Å². The number of phenolic OH excluding ortho intramolecular Hbond substituents is 1. The predicted molar refractivity (Wildman–Crippen MR) is 131 cm³/mol. The Hall–Kier alpha value is -3.90. The van der Waals surface area contributed by atoms with Gasteiger partial charge in [0.2, 0.25) is 5.78 Å². The summed E-state index contributed by atoms with van der Waals surface area (Å²) in [6.45, 7) is 4.10. The van der Waals surface area contributed by atoms with Crippen molar-refractivity contribution in [3.8, 4) is 17.2 Å². The first-order valence-electron chi connectivity index (χ1n) is 10.4. The first-order valence-corrected chi connectivity index (χ1v) is 11.2.